The first kappa shape index (κ1) is 10.6. The lowest BCUT2D eigenvalue weighted by molar-refractivity contribution is 0.413. The van der Waals surface area contributed by atoms with Crippen molar-refractivity contribution < 1.29 is 4.42 Å². The summed E-state index contributed by atoms with van der Waals surface area (Å²) in [5.41, 5.74) is 3.89. The summed E-state index contributed by atoms with van der Waals surface area (Å²) in [6, 6.07) is 11.1. The molecule has 1 aromatic carbocycles. The number of aryl methyl sites for hydroxylation is 1. The molecule has 2 heteroatoms. The molecule has 0 saturated carbocycles. The number of fused-ring (bicyclic) bond motifs is 1. The molecule has 1 aliphatic rings. The van der Waals surface area contributed by atoms with Crippen molar-refractivity contribution in [1.29, 1.82) is 0 Å². The van der Waals surface area contributed by atoms with E-state index in [9.17, 15) is 0 Å². The number of rotatable bonds is 1. The van der Waals surface area contributed by atoms with Gasteiger partial charge in [0.15, 0.2) is 0 Å². The van der Waals surface area contributed by atoms with E-state index in [0.29, 0.717) is 5.92 Å². The van der Waals surface area contributed by atoms with Gasteiger partial charge in [-0.3, -0.25) is 0 Å². The monoisotopic (exact) mass is 227 g/mol. The standard InChI is InChI=1S/C15H17NO/c1-10-3-5-12(6-4-10)14-13-7-8-17-15(13)11(2)9-16-14/h3-8,11,14,16H,9H2,1-2H3. The molecule has 2 nitrogen and oxygen atoms in total. The van der Waals surface area contributed by atoms with Crippen LogP contribution in [-0.4, -0.2) is 6.54 Å². The van der Waals surface area contributed by atoms with Gasteiger partial charge < -0.3 is 9.73 Å². The van der Waals surface area contributed by atoms with Crippen LogP contribution in [0.1, 0.15) is 41.3 Å². The van der Waals surface area contributed by atoms with Gasteiger partial charge in [0.05, 0.1) is 12.3 Å². The Hall–Kier alpha value is -1.54. The highest BCUT2D eigenvalue weighted by atomic mass is 16.3. The molecular formula is C15H17NO. The quantitative estimate of drug-likeness (QED) is 0.808. The van der Waals surface area contributed by atoms with E-state index in [1.165, 1.54) is 16.7 Å². The van der Waals surface area contributed by atoms with Crippen molar-refractivity contribution in [3.63, 3.8) is 0 Å². The van der Waals surface area contributed by atoms with Crippen molar-refractivity contribution in [3.8, 4) is 0 Å². The maximum atomic E-state index is 5.60. The SMILES string of the molecule is Cc1ccc(C2NCC(C)c3occc32)cc1. The largest absolute Gasteiger partial charge is 0.469 e. The van der Waals surface area contributed by atoms with Gasteiger partial charge in [-0.25, -0.2) is 0 Å². The van der Waals surface area contributed by atoms with Crippen LogP contribution in [-0.2, 0) is 0 Å². The van der Waals surface area contributed by atoms with Crippen molar-refractivity contribution in [2.45, 2.75) is 25.8 Å². The number of furan rings is 1. The maximum Gasteiger partial charge on any atom is 0.112 e. The van der Waals surface area contributed by atoms with Crippen LogP contribution in [0.25, 0.3) is 0 Å². The van der Waals surface area contributed by atoms with Crippen molar-refractivity contribution >= 4 is 0 Å². The molecule has 2 atom stereocenters. The van der Waals surface area contributed by atoms with Crippen molar-refractivity contribution in [2.24, 2.45) is 0 Å². The molecule has 0 fully saturated rings. The molecule has 2 unspecified atom stereocenters. The first-order chi connectivity index (χ1) is 8.25. The van der Waals surface area contributed by atoms with Gasteiger partial charge in [-0.15, -0.1) is 0 Å². The molecule has 0 aliphatic carbocycles. The fourth-order valence-electron chi connectivity index (χ4n) is 2.52. The second-order valence-corrected chi connectivity index (χ2v) is 4.89. The predicted octanol–water partition coefficient (Wildman–Crippen LogP) is 3.38. The molecule has 0 saturated heterocycles. The molecule has 0 bridgehead atoms. The zero-order valence-corrected chi connectivity index (χ0v) is 10.2. The van der Waals surface area contributed by atoms with Gasteiger partial charge in [0.25, 0.3) is 0 Å². The Morgan fingerprint density at radius 2 is 1.94 bits per heavy atom. The first-order valence-corrected chi connectivity index (χ1v) is 6.13. The molecule has 1 N–H and O–H groups in total. The van der Waals surface area contributed by atoms with E-state index in [1.54, 1.807) is 6.26 Å². The van der Waals surface area contributed by atoms with Gasteiger partial charge >= 0.3 is 0 Å². The van der Waals surface area contributed by atoms with Gasteiger partial charge in [-0.05, 0) is 18.6 Å². The van der Waals surface area contributed by atoms with Crippen LogP contribution in [0.2, 0.25) is 0 Å². The fraction of sp³-hybridized carbons (Fsp3) is 0.333. The minimum absolute atomic E-state index is 0.278. The van der Waals surface area contributed by atoms with Crippen LogP contribution < -0.4 is 5.32 Å². The summed E-state index contributed by atoms with van der Waals surface area (Å²) < 4.78 is 5.60. The molecule has 17 heavy (non-hydrogen) atoms. The normalized spacial score (nSPS) is 23.4. The number of hydrogen-bond acceptors (Lipinski definition) is 2. The molecule has 1 aliphatic heterocycles. The Morgan fingerprint density at radius 3 is 2.71 bits per heavy atom. The van der Waals surface area contributed by atoms with E-state index < -0.39 is 0 Å². The van der Waals surface area contributed by atoms with Gasteiger partial charge in [-0.1, -0.05) is 36.8 Å². The van der Waals surface area contributed by atoms with E-state index in [4.69, 9.17) is 4.42 Å². The number of benzene rings is 1. The Labute approximate surface area is 102 Å². The molecule has 0 radical (unpaired) electrons. The van der Waals surface area contributed by atoms with Crippen LogP contribution in [0, 0.1) is 6.92 Å². The second kappa shape index (κ2) is 4.04. The third kappa shape index (κ3) is 1.79. The lowest BCUT2D eigenvalue weighted by Gasteiger charge is -2.27. The lowest BCUT2D eigenvalue weighted by Crippen LogP contribution is -2.31. The summed E-state index contributed by atoms with van der Waals surface area (Å²) in [7, 11) is 0. The van der Waals surface area contributed by atoms with Crippen LogP contribution >= 0.6 is 0 Å². The van der Waals surface area contributed by atoms with Gasteiger partial charge in [-0.2, -0.15) is 0 Å². The van der Waals surface area contributed by atoms with E-state index in [-0.39, 0.29) is 6.04 Å². The third-order valence-electron chi connectivity index (χ3n) is 3.52. The fourth-order valence-corrected chi connectivity index (χ4v) is 2.52. The Kier molecular flexibility index (Phi) is 2.52. The molecule has 0 amide bonds. The lowest BCUT2D eigenvalue weighted by atomic mass is 9.90. The van der Waals surface area contributed by atoms with Crippen LogP contribution in [0.4, 0.5) is 0 Å². The summed E-state index contributed by atoms with van der Waals surface area (Å²) in [6.07, 6.45) is 1.80. The molecule has 3 rings (SSSR count). The average Bonchev–Trinajstić information content (AvgIpc) is 2.81. The van der Waals surface area contributed by atoms with Crippen molar-refractivity contribution in [2.75, 3.05) is 6.54 Å². The minimum atomic E-state index is 0.278. The van der Waals surface area contributed by atoms with Crippen molar-refractivity contribution in [1.82, 2.24) is 5.32 Å². The number of hydrogen-bond donors (Lipinski definition) is 1. The summed E-state index contributed by atoms with van der Waals surface area (Å²) in [5.74, 6) is 1.59. The Bertz CT molecular complexity index is 512. The Balaban J connectivity index is 2.01. The van der Waals surface area contributed by atoms with Crippen molar-refractivity contribution in [3.05, 3.63) is 59.0 Å². The van der Waals surface area contributed by atoms with E-state index in [0.717, 1.165) is 12.3 Å². The third-order valence-corrected chi connectivity index (χ3v) is 3.52. The van der Waals surface area contributed by atoms with Crippen LogP contribution in [0.3, 0.4) is 0 Å². The van der Waals surface area contributed by atoms with E-state index >= 15 is 0 Å². The predicted molar refractivity (Wildman–Crippen MR) is 68.1 cm³/mol. The smallest absolute Gasteiger partial charge is 0.112 e. The maximum absolute atomic E-state index is 5.60. The summed E-state index contributed by atoms with van der Waals surface area (Å²) in [4.78, 5) is 0. The highest BCUT2D eigenvalue weighted by Gasteiger charge is 2.27. The van der Waals surface area contributed by atoms with E-state index in [2.05, 4.69) is 49.5 Å². The topological polar surface area (TPSA) is 25.2 Å². The second-order valence-electron chi connectivity index (χ2n) is 4.89. The summed E-state index contributed by atoms with van der Waals surface area (Å²) in [6.45, 7) is 5.28. The average molecular weight is 227 g/mol. The molecule has 2 aromatic rings. The van der Waals surface area contributed by atoms with Gasteiger partial charge in [0.2, 0.25) is 0 Å². The van der Waals surface area contributed by atoms with Gasteiger partial charge in [0.1, 0.15) is 5.76 Å². The molecule has 88 valence electrons. The first-order valence-electron chi connectivity index (χ1n) is 6.13. The molecule has 2 heterocycles. The van der Waals surface area contributed by atoms with Crippen LogP contribution in [0.15, 0.2) is 41.0 Å². The van der Waals surface area contributed by atoms with Crippen LogP contribution in [0.5, 0.6) is 0 Å². The van der Waals surface area contributed by atoms with Gasteiger partial charge in [0, 0.05) is 18.0 Å². The molecule has 1 aromatic heterocycles. The highest BCUT2D eigenvalue weighted by Crippen LogP contribution is 2.34. The molecule has 0 spiro atoms. The zero-order valence-electron chi connectivity index (χ0n) is 10.2. The minimum Gasteiger partial charge on any atom is -0.469 e. The summed E-state index contributed by atoms with van der Waals surface area (Å²) in [5, 5.41) is 3.59. The highest BCUT2D eigenvalue weighted by molar-refractivity contribution is 5.37. The zero-order chi connectivity index (χ0) is 11.8. The Morgan fingerprint density at radius 1 is 1.18 bits per heavy atom. The molecular weight excluding hydrogens is 210 g/mol. The van der Waals surface area contributed by atoms with E-state index in [1.807, 2.05) is 0 Å². The number of nitrogens with one attached hydrogen (secondary N) is 1. The summed E-state index contributed by atoms with van der Waals surface area (Å²) >= 11 is 0.